The number of nitrogens with one attached hydrogen (secondary N) is 1. The Bertz CT molecular complexity index is 408. The van der Waals surface area contributed by atoms with E-state index in [1.807, 2.05) is 6.92 Å². The van der Waals surface area contributed by atoms with Crippen molar-refractivity contribution in [2.45, 2.75) is 59.3 Å². The fraction of sp³-hybridized carbons (Fsp3) is 0.733. The molecule has 0 bridgehead atoms. The summed E-state index contributed by atoms with van der Waals surface area (Å²) in [5.74, 6) is 1.26. The highest BCUT2D eigenvalue weighted by molar-refractivity contribution is 5.30. The van der Waals surface area contributed by atoms with Gasteiger partial charge in [0.25, 0.3) is 0 Å². The lowest BCUT2D eigenvalue weighted by Crippen LogP contribution is -2.17. The lowest BCUT2D eigenvalue weighted by atomic mass is 10.0. The molecule has 3 nitrogen and oxygen atoms in total. The second-order valence-electron chi connectivity index (χ2n) is 6.02. The van der Waals surface area contributed by atoms with Gasteiger partial charge >= 0.3 is 0 Å². The van der Waals surface area contributed by atoms with Crippen LogP contribution in [0.15, 0.2) is 6.07 Å². The summed E-state index contributed by atoms with van der Waals surface area (Å²) in [5.41, 5.74) is 2.72. The van der Waals surface area contributed by atoms with Gasteiger partial charge in [-0.15, -0.1) is 0 Å². The van der Waals surface area contributed by atoms with E-state index in [1.165, 1.54) is 25.7 Å². The van der Waals surface area contributed by atoms with E-state index in [9.17, 15) is 0 Å². The second-order valence-corrected chi connectivity index (χ2v) is 6.02. The molecule has 3 heteroatoms. The topological polar surface area (TPSA) is 37.8 Å². The molecule has 1 saturated carbocycles. The standard InChI is InChI=1S/C15H25N3/c1-5-6-15(7-8-15)10-16-14-17-12(4)9-13(18-14)11(2)3/h9,11H,5-8,10H2,1-4H3,(H,16,17,18). The Morgan fingerprint density at radius 3 is 2.61 bits per heavy atom. The van der Waals surface area contributed by atoms with Crippen LogP contribution in [0.25, 0.3) is 0 Å². The molecule has 2 rings (SSSR count). The number of nitrogens with zero attached hydrogens (tertiary/aromatic N) is 2. The normalized spacial score (nSPS) is 16.9. The molecule has 0 aromatic carbocycles. The highest BCUT2D eigenvalue weighted by Crippen LogP contribution is 2.49. The number of aryl methyl sites for hydroxylation is 1. The molecule has 1 aliphatic carbocycles. The molecule has 0 amide bonds. The molecular formula is C15H25N3. The van der Waals surface area contributed by atoms with Gasteiger partial charge in [-0.2, -0.15) is 0 Å². The molecular weight excluding hydrogens is 222 g/mol. The molecule has 18 heavy (non-hydrogen) atoms. The zero-order chi connectivity index (χ0) is 13.2. The largest absolute Gasteiger partial charge is 0.354 e. The Kier molecular flexibility index (Phi) is 3.88. The Morgan fingerprint density at radius 1 is 1.33 bits per heavy atom. The molecule has 0 saturated heterocycles. The Balaban J connectivity index is 2.01. The zero-order valence-corrected chi connectivity index (χ0v) is 12.1. The van der Waals surface area contributed by atoms with Gasteiger partial charge in [-0.3, -0.25) is 0 Å². The Labute approximate surface area is 110 Å². The van der Waals surface area contributed by atoms with Crippen LogP contribution in [-0.4, -0.2) is 16.5 Å². The van der Waals surface area contributed by atoms with Crippen LogP contribution in [0, 0.1) is 12.3 Å². The van der Waals surface area contributed by atoms with Crippen LogP contribution in [0.4, 0.5) is 5.95 Å². The monoisotopic (exact) mass is 247 g/mol. The van der Waals surface area contributed by atoms with Crippen molar-refractivity contribution in [1.82, 2.24) is 9.97 Å². The van der Waals surface area contributed by atoms with E-state index in [4.69, 9.17) is 0 Å². The van der Waals surface area contributed by atoms with Crippen molar-refractivity contribution in [1.29, 1.82) is 0 Å². The van der Waals surface area contributed by atoms with Gasteiger partial charge in [0.05, 0.1) is 0 Å². The number of hydrogen-bond acceptors (Lipinski definition) is 3. The van der Waals surface area contributed by atoms with E-state index < -0.39 is 0 Å². The van der Waals surface area contributed by atoms with Crippen molar-refractivity contribution in [2.24, 2.45) is 5.41 Å². The van der Waals surface area contributed by atoms with Crippen molar-refractivity contribution in [2.75, 3.05) is 11.9 Å². The first kappa shape index (κ1) is 13.3. The maximum atomic E-state index is 4.60. The van der Waals surface area contributed by atoms with E-state index in [0.29, 0.717) is 11.3 Å². The minimum absolute atomic E-state index is 0.456. The lowest BCUT2D eigenvalue weighted by molar-refractivity contribution is 0.484. The van der Waals surface area contributed by atoms with Gasteiger partial charge in [0.2, 0.25) is 5.95 Å². The van der Waals surface area contributed by atoms with E-state index in [1.54, 1.807) is 0 Å². The van der Waals surface area contributed by atoms with Gasteiger partial charge in [-0.05, 0) is 43.6 Å². The molecule has 1 fully saturated rings. The van der Waals surface area contributed by atoms with Crippen LogP contribution >= 0.6 is 0 Å². The summed E-state index contributed by atoms with van der Waals surface area (Å²) in [4.78, 5) is 9.09. The van der Waals surface area contributed by atoms with Crippen LogP contribution in [0.2, 0.25) is 0 Å². The van der Waals surface area contributed by atoms with Crippen molar-refractivity contribution in [3.63, 3.8) is 0 Å². The third kappa shape index (κ3) is 3.21. The van der Waals surface area contributed by atoms with E-state index in [2.05, 4.69) is 42.1 Å². The SMILES string of the molecule is CCCC1(CNc2nc(C)cc(C(C)C)n2)CC1. The maximum Gasteiger partial charge on any atom is 0.223 e. The molecule has 1 heterocycles. The van der Waals surface area contributed by atoms with Crippen molar-refractivity contribution < 1.29 is 0 Å². The van der Waals surface area contributed by atoms with Gasteiger partial charge in [-0.1, -0.05) is 27.2 Å². The van der Waals surface area contributed by atoms with Crippen LogP contribution in [0.5, 0.6) is 0 Å². The van der Waals surface area contributed by atoms with Gasteiger partial charge in [-0.25, -0.2) is 9.97 Å². The molecule has 0 spiro atoms. The minimum Gasteiger partial charge on any atom is -0.354 e. The molecule has 1 aliphatic rings. The Hall–Kier alpha value is -1.12. The van der Waals surface area contributed by atoms with Crippen LogP contribution in [-0.2, 0) is 0 Å². The fourth-order valence-electron chi connectivity index (χ4n) is 2.46. The highest BCUT2D eigenvalue weighted by Gasteiger charge is 2.41. The predicted molar refractivity (Wildman–Crippen MR) is 75.9 cm³/mol. The summed E-state index contributed by atoms with van der Waals surface area (Å²) in [6.07, 6.45) is 5.31. The average Bonchev–Trinajstić information content (AvgIpc) is 3.07. The van der Waals surface area contributed by atoms with Gasteiger partial charge in [0.15, 0.2) is 0 Å². The first-order chi connectivity index (χ1) is 8.54. The van der Waals surface area contributed by atoms with E-state index in [-0.39, 0.29) is 0 Å². The zero-order valence-electron chi connectivity index (χ0n) is 12.1. The predicted octanol–water partition coefficient (Wildman–Crippen LogP) is 3.90. The van der Waals surface area contributed by atoms with Crippen molar-refractivity contribution in [3.05, 3.63) is 17.5 Å². The number of hydrogen-bond donors (Lipinski definition) is 1. The minimum atomic E-state index is 0.456. The molecule has 1 N–H and O–H groups in total. The second kappa shape index (κ2) is 5.25. The van der Waals surface area contributed by atoms with Gasteiger partial charge < -0.3 is 5.32 Å². The van der Waals surface area contributed by atoms with Crippen LogP contribution < -0.4 is 5.32 Å². The van der Waals surface area contributed by atoms with Gasteiger partial charge in [0, 0.05) is 17.9 Å². The third-order valence-corrected chi connectivity index (χ3v) is 3.82. The molecule has 0 unspecified atom stereocenters. The van der Waals surface area contributed by atoms with Crippen LogP contribution in [0.3, 0.4) is 0 Å². The molecule has 1 aromatic heterocycles. The highest BCUT2D eigenvalue weighted by atomic mass is 15.1. The molecule has 0 atom stereocenters. The summed E-state index contributed by atoms with van der Waals surface area (Å²) < 4.78 is 0. The first-order valence-electron chi connectivity index (χ1n) is 7.14. The summed E-state index contributed by atoms with van der Waals surface area (Å²) in [5, 5.41) is 3.45. The van der Waals surface area contributed by atoms with Crippen molar-refractivity contribution in [3.8, 4) is 0 Å². The van der Waals surface area contributed by atoms with E-state index in [0.717, 1.165) is 23.9 Å². The maximum absolute atomic E-state index is 4.60. The number of aromatic nitrogens is 2. The molecule has 0 aliphatic heterocycles. The average molecular weight is 247 g/mol. The number of anilines is 1. The molecule has 100 valence electrons. The molecule has 0 radical (unpaired) electrons. The van der Waals surface area contributed by atoms with Gasteiger partial charge in [0.1, 0.15) is 0 Å². The van der Waals surface area contributed by atoms with Crippen LogP contribution in [0.1, 0.15) is 63.8 Å². The van der Waals surface area contributed by atoms with E-state index >= 15 is 0 Å². The quantitative estimate of drug-likeness (QED) is 0.828. The third-order valence-electron chi connectivity index (χ3n) is 3.82. The lowest BCUT2D eigenvalue weighted by Gasteiger charge is -2.16. The summed E-state index contributed by atoms with van der Waals surface area (Å²) in [6.45, 7) is 9.68. The number of rotatable bonds is 6. The summed E-state index contributed by atoms with van der Waals surface area (Å²) >= 11 is 0. The Morgan fingerprint density at radius 2 is 2.06 bits per heavy atom. The van der Waals surface area contributed by atoms with Crippen molar-refractivity contribution >= 4 is 5.95 Å². The fourth-order valence-corrected chi connectivity index (χ4v) is 2.46. The summed E-state index contributed by atoms with van der Waals surface area (Å²) in [6, 6.07) is 2.08. The molecule has 1 aromatic rings. The first-order valence-corrected chi connectivity index (χ1v) is 7.14. The summed E-state index contributed by atoms with van der Waals surface area (Å²) in [7, 11) is 0. The smallest absolute Gasteiger partial charge is 0.223 e.